The van der Waals surface area contributed by atoms with Crippen LogP contribution < -0.4 is 5.32 Å². The SMILES string of the molecule is CCCCC(Cc1nc2ccccc2o1)NCCC. The predicted octanol–water partition coefficient (Wildman–Crippen LogP) is 3.93. The third kappa shape index (κ3) is 4.06. The normalized spacial score (nSPS) is 12.9. The lowest BCUT2D eigenvalue weighted by Gasteiger charge is -2.16. The Balaban J connectivity index is 2.01. The van der Waals surface area contributed by atoms with Crippen LogP contribution in [0.1, 0.15) is 45.4 Å². The molecule has 0 amide bonds. The van der Waals surface area contributed by atoms with Crippen LogP contribution in [0.5, 0.6) is 0 Å². The zero-order valence-corrected chi connectivity index (χ0v) is 12.0. The highest BCUT2D eigenvalue weighted by Crippen LogP contribution is 2.17. The van der Waals surface area contributed by atoms with Gasteiger partial charge < -0.3 is 9.73 Å². The Morgan fingerprint density at radius 2 is 2.05 bits per heavy atom. The largest absolute Gasteiger partial charge is 0.441 e. The van der Waals surface area contributed by atoms with E-state index >= 15 is 0 Å². The van der Waals surface area contributed by atoms with E-state index in [1.54, 1.807) is 0 Å². The summed E-state index contributed by atoms with van der Waals surface area (Å²) in [6.07, 6.45) is 5.72. The van der Waals surface area contributed by atoms with Gasteiger partial charge in [0.25, 0.3) is 0 Å². The maximum absolute atomic E-state index is 5.81. The molecule has 0 aliphatic carbocycles. The number of hydrogen-bond donors (Lipinski definition) is 1. The number of nitrogens with zero attached hydrogens (tertiary/aromatic N) is 1. The van der Waals surface area contributed by atoms with Gasteiger partial charge in [-0.1, -0.05) is 38.8 Å². The maximum atomic E-state index is 5.81. The van der Waals surface area contributed by atoms with Crippen LogP contribution >= 0.6 is 0 Å². The van der Waals surface area contributed by atoms with Gasteiger partial charge in [-0.3, -0.25) is 0 Å². The summed E-state index contributed by atoms with van der Waals surface area (Å²) >= 11 is 0. The molecule has 0 aliphatic rings. The molecular weight excluding hydrogens is 236 g/mol. The van der Waals surface area contributed by atoms with Crippen molar-refractivity contribution in [2.75, 3.05) is 6.54 Å². The summed E-state index contributed by atoms with van der Waals surface area (Å²) in [5.41, 5.74) is 1.85. The van der Waals surface area contributed by atoms with Crippen molar-refractivity contribution >= 4 is 11.1 Å². The van der Waals surface area contributed by atoms with E-state index in [-0.39, 0.29) is 0 Å². The van der Waals surface area contributed by atoms with Crippen LogP contribution in [0.3, 0.4) is 0 Å². The van der Waals surface area contributed by atoms with Crippen molar-refractivity contribution in [3.63, 3.8) is 0 Å². The van der Waals surface area contributed by atoms with Crippen molar-refractivity contribution in [1.29, 1.82) is 0 Å². The number of benzene rings is 1. The Morgan fingerprint density at radius 3 is 2.79 bits per heavy atom. The highest BCUT2D eigenvalue weighted by atomic mass is 16.3. The second kappa shape index (κ2) is 7.29. The average Bonchev–Trinajstić information content (AvgIpc) is 2.84. The first-order chi connectivity index (χ1) is 9.33. The number of rotatable bonds is 8. The van der Waals surface area contributed by atoms with E-state index in [1.165, 1.54) is 19.3 Å². The van der Waals surface area contributed by atoms with Gasteiger partial charge >= 0.3 is 0 Å². The van der Waals surface area contributed by atoms with Crippen molar-refractivity contribution < 1.29 is 4.42 Å². The number of oxazole rings is 1. The second-order valence-electron chi connectivity index (χ2n) is 5.07. The van der Waals surface area contributed by atoms with Crippen molar-refractivity contribution in [2.24, 2.45) is 0 Å². The van der Waals surface area contributed by atoms with E-state index in [2.05, 4.69) is 24.1 Å². The Morgan fingerprint density at radius 1 is 1.21 bits per heavy atom. The zero-order valence-electron chi connectivity index (χ0n) is 12.0. The van der Waals surface area contributed by atoms with Crippen LogP contribution in [-0.4, -0.2) is 17.6 Å². The minimum Gasteiger partial charge on any atom is -0.441 e. The molecule has 2 aromatic rings. The summed E-state index contributed by atoms with van der Waals surface area (Å²) in [5.74, 6) is 0.853. The lowest BCUT2D eigenvalue weighted by Crippen LogP contribution is -2.31. The van der Waals surface area contributed by atoms with Crippen LogP contribution in [0.25, 0.3) is 11.1 Å². The average molecular weight is 260 g/mol. The summed E-state index contributed by atoms with van der Waals surface area (Å²) in [5, 5.41) is 3.60. The van der Waals surface area contributed by atoms with Gasteiger partial charge in [0.2, 0.25) is 0 Å². The molecular formula is C16H24N2O. The molecule has 0 radical (unpaired) electrons. The number of para-hydroxylation sites is 2. The van der Waals surface area contributed by atoms with Crippen LogP contribution in [-0.2, 0) is 6.42 Å². The molecule has 19 heavy (non-hydrogen) atoms. The van der Waals surface area contributed by atoms with Crippen LogP contribution in [0.2, 0.25) is 0 Å². The third-order valence-electron chi connectivity index (χ3n) is 3.35. The number of hydrogen-bond acceptors (Lipinski definition) is 3. The molecule has 1 unspecified atom stereocenters. The van der Waals surface area contributed by atoms with Gasteiger partial charge in [0.1, 0.15) is 5.52 Å². The number of nitrogens with one attached hydrogen (secondary N) is 1. The van der Waals surface area contributed by atoms with Gasteiger partial charge in [-0.25, -0.2) is 4.98 Å². The predicted molar refractivity (Wildman–Crippen MR) is 79.3 cm³/mol. The number of fused-ring (bicyclic) bond motifs is 1. The van der Waals surface area contributed by atoms with Crippen molar-refractivity contribution in [3.05, 3.63) is 30.2 Å². The highest BCUT2D eigenvalue weighted by Gasteiger charge is 2.13. The molecule has 0 bridgehead atoms. The topological polar surface area (TPSA) is 38.1 Å². The van der Waals surface area contributed by atoms with Crippen LogP contribution in [0.15, 0.2) is 28.7 Å². The quantitative estimate of drug-likeness (QED) is 0.781. The molecule has 104 valence electrons. The molecule has 1 aromatic heterocycles. The molecule has 1 aromatic carbocycles. The first-order valence-corrected chi connectivity index (χ1v) is 7.41. The lowest BCUT2D eigenvalue weighted by atomic mass is 10.1. The molecule has 0 spiro atoms. The minimum atomic E-state index is 0.480. The van der Waals surface area contributed by atoms with Gasteiger partial charge in [0.15, 0.2) is 11.5 Å². The molecule has 0 aliphatic heterocycles. The molecule has 0 saturated carbocycles. The van der Waals surface area contributed by atoms with Crippen LogP contribution in [0.4, 0.5) is 0 Å². The summed E-state index contributed by atoms with van der Waals surface area (Å²) in [7, 11) is 0. The van der Waals surface area contributed by atoms with E-state index in [0.717, 1.165) is 36.4 Å². The monoisotopic (exact) mass is 260 g/mol. The van der Waals surface area contributed by atoms with Gasteiger partial charge in [-0.2, -0.15) is 0 Å². The number of unbranched alkanes of at least 4 members (excludes halogenated alkanes) is 1. The van der Waals surface area contributed by atoms with Gasteiger partial charge in [0.05, 0.1) is 0 Å². The van der Waals surface area contributed by atoms with Gasteiger partial charge in [-0.05, 0) is 31.5 Å². The van der Waals surface area contributed by atoms with Crippen molar-refractivity contribution in [2.45, 2.75) is 52.0 Å². The van der Waals surface area contributed by atoms with Crippen molar-refractivity contribution in [3.8, 4) is 0 Å². The zero-order chi connectivity index (χ0) is 13.5. The first-order valence-electron chi connectivity index (χ1n) is 7.41. The fourth-order valence-corrected chi connectivity index (χ4v) is 2.29. The third-order valence-corrected chi connectivity index (χ3v) is 3.35. The first kappa shape index (κ1) is 14.1. The summed E-state index contributed by atoms with van der Waals surface area (Å²) in [4.78, 5) is 4.56. The molecule has 1 heterocycles. The fraction of sp³-hybridized carbons (Fsp3) is 0.562. The van der Waals surface area contributed by atoms with Crippen molar-refractivity contribution in [1.82, 2.24) is 10.3 Å². The standard InChI is InChI=1S/C16H24N2O/c1-3-5-8-13(17-11-4-2)12-16-18-14-9-6-7-10-15(14)19-16/h6-7,9-10,13,17H,3-5,8,11-12H2,1-2H3. The Hall–Kier alpha value is -1.35. The molecule has 0 fully saturated rings. The summed E-state index contributed by atoms with van der Waals surface area (Å²) in [6, 6.07) is 8.45. The summed E-state index contributed by atoms with van der Waals surface area (Å²) < 4.78 is 5.81. The fourth-order valence-electron chi connectivity index (χ4n) is 2.29. The smallest absolute Gasteiger partial charge is 0.197 e. The Bertz CT molecular complexity index is 451. The molecule has 3 nitrogen and oxygen atoms in total. The maximum Gasteiger partial charge on any atom is 0.197 e. The van der Waals surface area contributed by atoms with Crippen LogP contribution in [0, 0.1) is 0 Å². The second-order valence-corrected chi connectivity index (χ2v) is 5.07. The minimum absolute atomic E-state index is 0.480. The van der Waals surface area contributed by atoms with E-state index in [0.29, 0.717) is 6.04 Å². The van der Waals surface area contributed by atoms with E-state index < -0.39 is 0 Å². The van der Waals surface area contributed by atoms with Gasteiger partial charge in [0, 0.05) is 12.5 Å². The molecule has 1 N–H and O–H groups in total. The lowest BCUT2D eigenvalue weighted by molar-refractivity contribution is 0.416. The molecule has 1 atom stereocenters. The summed E-state index contributed by atoms with van der Waals surface area (Å²) in [6.45, 7) is 5.49. The van der Waals surface area contributed by atoms with E-state index in [4.69, 9.17) is 4.42 Å². The van der Waals surface area contributed by atoms with Gasteiger partial charge in [-0.15, -0.1) is 0 Å². The van der Waals surface area contributed by atoms with E-state index in [1.807, 2.05) is 24.3 Å². The Kier molecular flexibility index (Phi) is 5.40. The molecule has 0 saturated heterocycles. The molecule has 3 heteroatoms. The number of aromatic nitrogens is 1. The van der Waals surface area contributed by atoms with E-state index in [9.17, 15) is 0 Å². The highest BCUT2D eigenvalue weighted by molar-refractivity contribution is 5.72. The molecule has 2 rings (SSSR count). The Labute approximate surface area is 115 Å².